The van der Waals surface area contributed by atoms with Crippen molar-refractivity contribution in [3.05, 3.63) is 59.4 Å². The second-order valence-electron chi connectivity index (χ2n) is 6.53. The van der Waals surface area contributed by atoms with Crippen LogP contribution in [0.4, 0.5) is 0 Å². The number of rotatable bonds is 5. The average Bonchev–Trinajstić information content (AvgIpc) is 2.64. The number of hydrogen-bond donors (Lipinski definition) is 1. The van der Waals surface area contributed by atoms with Crippen molar-refractivity contribution in [3.8, 4) is 0 Å². The number of carbonyl (C=O) groups excluding carboxylic acids is 1. The van der Waals surface area contributed by atoms with E-state index in [1.165, 1.54) is 0 Å². The molecule has 0 saturated carbocycles. The highest BCUT2D eigenvalue weighted by Crippen LogP contribution is 2.20. The highest BCUT2D eigenvalue weighted by molar-refractivity contribution is 7.98. The molecule has 2 aromatic rings. The average molecular weight is 356 g/mol. The number of aryl methyl sites for hydroxylation is 1. The molecule has 1 N–H and O–H groups in total. The minimum absolute atomic E-state index is 0.0524. The Balaban J connectivity index is 1.53. The van der Waals surface area contributed by atoms with E-state index in [1.807, 2.05) is 43.6 Å². The van der Waals surface area contributed by atoms with Crippen molar-refractivity contribution in [1.82, 2.24) is 15.2 Å². The highest BCUT2D eigenvalue weighted by Gasteiger charge is 2.22. The summed E-state index contributed by atoms with van der Waals surface area (Å²) in [7, 11) is 0. The lowest BCUT2D eigenvalue weighted by molar-refractivity contribution is 0.0907. The molecular formula is C20H25N3OS. The fourth-order valence-corrected chi connectivity index (χ4v) is 3.63. The van der Waals surface area contributed by atoms with Crippen molar-refractivity contribution in [2.75, 3.05) is 19.3 Å². The molecule has 5 heteroatoms. The predicted molar refractivity (Wildman–Crippen MR) is 103 cm³/mol. The number of likely N-dealkylation sites (tertiary alicyclic amines) is 1. The zero-order chi connectivity index (χ0) is 17.6. The maximum absolute atomic E-state index is 12.6. The lowest BCUT2D eigenvalue weighted by atomic mass is 10.0. The summed E-state index contributed by atoms with van der Waals surface area (Å²) < 4.78 is 0. The Kier molecular flexibility index (Phi) is 6.10. The van der Waals surface area contributed by atoms with Crippen LogP contribution in [0.15, 0.2) is 47.5 Å². The van der Waals surface area contributed by atoms with Crippen molar-refractivity contribution < 1.29 is 4.79 Å². The van der Waals surface area contributed by atoms with Gasteiger partial charge in [0.05, 0.1) is 5.69 Å². The van der Waals surface area contributed by atoms with Gasteiger partial charge in [0.15, 0.2) is 0 Å². The molecule has 1 aliphatic heterocycles. The summed E-state index contributed by atoms with van der Waals surface area (Å²) in [5.41, 5.74) is 2.93. The van der Waals surface area contributed by atoms with Crippen molar-refractivity contribution in [1.29, 1.82) is 0 Å². The third kappa shape index (κ3) is 4.83. The van der Waals surface area contributed by atoms with Crippen LogP contribution in [-0.4, -0.2) is 41.2 Å². The molecule has 1 fully saturated rings. The standard InChI is InChI=1S/C20H25N3OS/c1-15-6-7-18(25-2)13-19(15)20(24)22-16-8-11-23(12-9-16)14-17-5-3-4-10-21-17/h3-7,10,13,16H,8-9,11-12,14H2,1-2H3,(H,22,24). The van der Waals surface area contributed by atoms with Gasteiger partial charge in [-0.3, -0.25) is 14.7 Å². The first-order valence-electron chi connectivity index (χ1n) is 8.73. The molecule has 1 saturated heterocycles. The molecule has 0 bridgehead atoms. The maximum atomic E-state index is 12.6. The van der Waals surface area contributed by atoms with Gasteiger partial charge in [0.25, 0.3) is 5.91 Å². The van der Waals surface area contributed by atoms with Crippen molar-refractivity contribution >= 4 is 17.7 Å². The van der Waals surface area contributed by atoms with Crippen molar-refractivity contribution in [2.45, 2.75) is 37.2 Å². The molecule has 1 amide bonds. The minimum Gasteiger partial charge on any atom is -0.349 e. The SMILES string of the molecule is CSc1ccc(C)c(C(=O)NC2CCN(Cc3ccccn3)CC2)c1. The second kappa shape index (κ2) is 8.50. The van der Waals surface area contributed by atoms with E-state index in [1.54, 1.807) is 11.8 Å². The minimum atomic E-state index is 0.0524. The Morgan fingerprint density at radius 2 is 2.08 bits per heavy atom. The first-order chi connectivity index (χ1) is 12.2. The fourth-order valence-electron chi connectivity index (χ4n) is 3.19. The number of amides is 1. The van der Waals surface area contributed by atoms with Gasteiger partial charge in [-0.15, -0.1) is 11.8 Å². The number of hydrogen-bond acceptors (Lipinski definition) is 4. The van der Waals surface area contributed by atoms with Gasteiger partial charge in [-0.2, -0.15) is 0 Å². The van der Waals surface area contributed by atoms with E-state index in [4.69, 9.17) is 0 Å². The van der Waals surface area contributed by atoms with Gasteiger partial charge < -0.3 is 5.32 Å². The number of nitrogens with zero attached hydrogens (tertiary/aromatic N) is 2. The van der Waals surface area contributed by atoms with E-state index in [2.05, 4.69) is 27.3 Å². The smallest absolute Gasteiger partial charge is 0.251 e. The topological polar surface area (TPSA) is 45.2 Å². The number of pyridine rings is 1. The Morgan fingerprint density at radius 3 is 2.76 bits per heavy atom. The van der Waals surface area contributed by atoms with Crippen LogP contribution in [-0.2, 0) is 6.54 Å². The first-order valence-corrected chi connectivity index (χ1v) is 9.96. The van der Waals surface area contributed by atoms with E-state index in [0.717, 1.165) is 54.2 Å². The number of aromatic nitrogens is 1. The van der Waals surface area contributed by atoms with Gasteiger partial charge in [0.2, 0.25) is 0 Å². The van der Waals surface area contributed by atoms with Crippen LogP contribution in [0.1, 0.15) is 34.5 Å². The first kappa shape index (κ1) is 18.0. The Hall–Kier alpha value is -1.85. The van der Waals surface area contributed by atoms with Crippen LogP contribution in [0.3, 0.4) is 0 Å². The summed E-state index contributed by atoms with van der Waals surface area (Å²) in [6.07, 6.45) is 5.84. The zero-order valence-electron chi connectivity index (χ0n) is 14.9. The molecule has 2 heterocycles. The summed E-state index contributed by atoms with van der Waals surface area (Å²) in [6.45, 7) is 4.86. The molecule has 25 heavy (non-hydrogen) atoms. The Morgan fingerprint density at radius 1 is 1.28 bits per heavy atom. The van der Waals surface area contributed by atoms with Gasteiger partial charge in [-0.25, -0.2) is 0 Å². The Labute approximate surface area is 154 Å². The van der Waals surface area contributed by atoms with Gasteiger partial charge in [-0.05, 0) is 55.9 Å². The van der Waals surface area contributed by atoms with Gasteiger partial charge in [0, 0.05) is 42.3 Å². The number of nitrogens with one attached hydrogen (secondary N) is 1. The van der Waals surface area contributed by atoms with Gasteiger partial charge in [-0.1, -0.05) is 12.1 Å². The van der Waals surface area contributed by atoms with Crippen LogP contribution >= 0.6 is 11.8 Å². The third-order valence-electron chi connectivity index (χ3n) is 4.72. The maximum Gasteiger partial charge on any atom is 0.251 e. The fraction of sp³-hybridized carbons (Fsp3) is 0.400. The van der Waals surface area contributed by atoms with Crippen molar-refractivity contribution in [2.24, 2.45) is 0 Å². The summed E-state index contributed by atoms with van der Waals surface area (Å²) in [6, 6.07) is 12.4. The molecule has 4 nitrogen and oxygen atoms in total. The number of piperidine rings is 1. The van der Waals surface area contributed by atoms with Crippen LogP contribution in [0, 0.1) is 6.92 Å². The summed E-state index contributed by atoms with van der Waals surface area (Å²) >= 11 is 1.66. The largest absolute Gasteiger partial charge is 0.349 e. The molecular weight excluding hydrogens is 330 g/mol. The lowest BCUT2D eigenvalue weighted by Gasteiger charge is -2.32. The molecule has 0 unspecified atom stereocenters. The van der Waals surface area contributed by atoms with Gasteiger partial charge >= 0.3 is 0 Å². The van der Waals surface area contributed by atoms with E-state index >= 15 is 0 Å². The van der Waals surface area contributed by atoms with Crippen LogP contribution in [0.25, 0.3) is 0 Å². The quantitative estimate of drug-likeness (QED) is 0.834. The molecule has 1 aromatic carbocycles. The summed E-state index contributed by atoms with van der Waals surface area (Å²) in [5, 5.41) is 3.22. The molecule has 0 spiro atoms. The molecule has 0 radical (unpaired) electrons. The second-order valence-corrected chi connectivity index (χ2v) is 7.41. The molecule has 0 atom stereocenters. The van der Waals surface area contributed by atoms with Gasteiger partial charge in [0.1, 0.15) is 0 Å². The van der Waals surface area contributed by atoms with E-state index in [9.17, 15) is 4.79 Å². The van der Waals surface area contributed by atoms with Crippen LogP contribution in [0.2, 0.25) is 0 Å². The molecule has 1 aliphatic rings. The van der Waals surface area contributed by atoms with E-state index in [0.29, 0.717) is 0 Å². The normalized spacial score (nSPS) is 15.9. The van der Waals surface area contributed by atoms with Crippen LogP contribution in [0.5, 0.6) is 0 Å². The number of benzene rings is 1. The zero-order valence-corrected chi connectivity index (χ0v) is 15.7. The van der Waals surface area contributed by atoms with E-state index < -0.39 is 0 Å². The number of thioether (sulfide) groups is 1. The molecule has 0 aliphatic carbocycles. The van der Waals surface area contributed by atoms with Crippen molar-refractivity contribution in [3.63, 3.8) is 0 Å². The van der Waals surface area contributed by atoms with Crippen LogP contribution < -0.4 is 5.32 Å². The Bertz CT molecular complexity index is 712. The summed E-state index contributed by atoms with van der Waals surface area (Å²) in [4.78, 5) is 20.6. The molecule has 1 aromatic heterocycles. The van der Waals surface area contributed by atoms with E-state index in [-0.39, 0.29) is 11.9 Å². The number of carbonyl (C=O) groups is 1. The predicted octanol–water partition coefficient (Wildman–Crippen LogP) is 3.51. The third-order valence-corrected chi connectivity index (χ3v) is 5.45. The lowest BCUT2D eigenvalue weighted by Crippen LogP contribution is -2.44. The monoisotopic (exact) mass is 355 g/mol. The summed E-state index contributed by atoms with van der Waals surface area (Å²) in [5.74, 6) is 0.0524. The molecule has 132 valence electrons. The molecule has 3 rings (SSSR count). The highest BCUT2D eigenvalue weighted by atomic mass is 32.2.